The number of amides is 1. The highest BCUT2D eigenvalue weighted by Gasteiger charge is 2.23. The van der Waals surface area contributed by atoms with Gasteiger partial charge in [-0.05, 0) is 29.3 Å². The van der Waals surface area contributed by atoms with Crippen LogP contribution in [0.15, 0.2) is 54.9 Å². The van der Waals surface area contributed by atoms with Gasteiger partial charge in [-0.2, -0.15) is 0 Å². The van der Waals surface area contributed by atoms with E-state index in [0.29, 0.717) is 52.5 Å². The molecular weight excluding hydrogens is 391 g/mol. The van der Waals surface area contributed by atoms with Crippen molar-refractivity contribution >= 4 is 22.5 Å². The van der Waals surface area contributed by atoms with Gasteiger partial charge in [-0.15, -0.1) is 0 Å². The largest absolute Gasteiger partial charge is 0.382 e. The molecule has 1 saturated heterocycles. The van der Waals surface area contributed by atoms with Gasteiger partial charge in [0.05, 0.1) is 18.1 Å². The van der Waals surface area contributed by atoms with Crippen LogP contribution in [0.25, 0.3) is 22.4 Å². The van der Waals surface area contributed by atoms with Crippen LogP contribution in [0, 0.1) is 5.82 Å². The fraction of sp³-hybridized carbons (Fsp3) is 0.190. The minimum atomic E-state index is -0.863. The number of hydrogen-bond acceptors (Lipinski definition) is 5. The number of nitrogen functional groups attached to an aromatic ring is 1. The first-order chi connectivity index (χ1) is 14.0. The SMILES string of the molecule is Nc1cnc(-c2ccc(-c3ccccc3C(=O)N3CCS(=O)CC3)cc2F)cn1. The smallest absolute Gasteiger partial charge is 0.254 e. The lowest BCUT2D eigenvalue weighted by molar-refractivity contribution is 0.0772. The zero-order valence-electron chi connectivity index (χ0n) is 15.5. The van der Waals surface area contributed by atoms with E-state index in [0.717, 1.165) is 0 Å². The topological polar surface area (TPSA) is 89.2 Å². The van der Waals surface area contributed by atoms with Crippen LogP contribution in [-0.4, -0.2) is 49.6 Å². The number of anilines is 1. The van der Waals surface area contributed by atoms with Gasteiger partial charge in [0, 0.05) is 46.5 Å². The number of hydrogen-bond donors (Lipinski definition) is 1. The molecule has 148 valence electrons. The number of nitrogens with zero attached hydrogens (tertiary/aromatic N) is 3. The molecule has 0 aliphatic carbocycles. The van der Waals surface area contributed by atoms with Gasteiger partial charge in [-0.1, -0.05) is 24.3 Å². The fourth-order valence-electron chi connectivity index (χ4n) is 3.30. The van der Waals surface area contributed by atoms with Gasteiger partial charge in [0.2, 0.25) is 0 Å². The first-order valence-corrected chi connectivity index (χ1v) is 10.6. The third-order valence-corrected chi connectivity index (χ3v) is 6.13. The molecule has 0 spiro atoms. The van der Waals surface area contributed by atoms with Gasteiger partial charge in [-0.3, -0.25) is 14.0 Å². The molecule has 1 aromatic heterocycles. The molecule has 4 rings (SSSR count). The Bertz CT molecular complexity index is 1080. The average Bonchev–Trinajstić information content (AvgIpc) is 2.74. The minimum absolute atomic E-state index is 0.133. The number of nitrogens with two attached hydrogens (primary N) is 1. The van der Waals surface area contributed by atoms with E-state index in [1.807, 2.05) is 6.07 Å². The number of halogens is 1. The zero-order chi connectivity index (χ0) is 20.4. The lowest BCUT2D eigenvalue weighted by Crippen LogP contribution is -2.41. The van der Waals surface area contributed by atoms with Crippen molar-refractivity contribution in [3.8, 4) is 22.4 Å². The lowest BCUT2D eigenvalue weighted by atomic mass is 9.97. The molecule has 1 fully saturated rings. The van der Waals surface area contributed by atoms with E-state index >= 15 is 0 Å². The van der Waals surface area contributed by atoms with E-state index in [4.69, 9.17) is 5.73 Å². The number of aromatic nitrogens is 2. The molecule has 29 heavy (non-hydrogen) atoms. The molecule has 0 unspecified atom stereocenters. The second-order valence-corrected chi connectivity index (χ2v) is 8.40. The second kappa shape index (κ2) is 8.08. The summed E-state index contributed by atoms with van der Waals surface area (Å²) in [7, 11) is -0.863. The van der Waals surface area contributed by atoms with Crippen LogP contribution in [0.3, 0.4) is 0 Å². The quantitative estimate of drug-likeness (QED) is 0.717. The summed E-state index contributed by atoms with van der Waals surface area (Å²) in [5.41, 5.74) is 7.98. The maximum Gasteiger partial charge on any atom is 0.254 e. The summed E-state index contributed by atoms with van der Waals surface area (Å²) in [6.45, 7) is 0.922. The van der Waals surface area contributed by atoms with Crippen molar-refractivity contribution in [2.75, 3.05) is 30.3 Å². The molecule has 0 radical (unpaired) electrons. The van der Waals surface area contributed by atoms with Crippen LogP contribution in [0.2, 0.25) is 0 Å². The van der Waals surface area contributed by atoms with E-state index in [9.17, 15) is 13.4 Å². The highest BCUT2D eigenvalue weighted by Crippen LogP contribution is 2.29. The Labute approximate surface area is 170 Å². The predicted molar refractivity (Wildman–Crippen MR) is 111 cm³/mol. The summed E-state index contributed by atoms with van der Waals surface area (Å²) in [4.78, 5) is 22.8. The first-order valence-electron chi connectivity index (χ1n) is 9.14. The Balaban J connectivity index is 1.67. The van der Waals surface area contributed by atoms with Gasteiger partial charge in [0.25, 0.3) is 5.91 Å². The average molecular weight is 410 g/mol. The van der Waals surface area contributed by atoms with Gasteiger partial charge >= 0.3 is 0 Å². The summed E-state index contributed by atoms with van der Waals surface area (Å²) < 4.78 is 26.4. The van der Waals surface area contributed by atoms with Crippen molar-refractivity contribution in [1.82, 2.24) is 14.9 Å². The van der Waals surface area contributed by atoms with Gasteiger partial charge in [-0.25, -0.2) is 9.37 Å². The second-order valence-electron chi connectivity index (χ2n) is 6.71. The Hall–Kier alpha value is -3.13. The van der Waals surface area contributed by atoms with Crippen molar-refractivity contribution in [1.29, 1.82) is 0 Å². The number of benzene rings is 2. The number of carbonyl (C=O) groups is 1. The van der Waals surface area contributed by atoms with Crippen molar-refractivity contribution in [3.05, 3.63) is 66.2 Å². The van der Waals surface area contributed by atoms with E-state index < -0.39 is 16.6 Å². The summed E-state index contributed by atoms with van der Waals surface area (Å²) in [5, 5.41) is 0. The lowest BCUT2D eigenvalue weighted by Gasteiger charge is -2.27. The van der Waals surface area contributed by atoms with Gasteiger partial charge < -0.3 is 10.6 Å². The summed E-state index contributed by atoms with van der Waals surface area (Å²) in [5.74, 6) is 0.642. The van der Waals surface area contributed by atoms with Crippen LogP contribution in [-0.2, 0) is 10.8 Å². The van der Waals surface area contributed by atoms with Crippen molar-refractivity contribution in [2.24, 2.45) is 0 Å². The van der Waals surface area contributed by atoms with Crippen LogP contribution in [0.4, 0.5) is 10.2 Å². The van der Waals surface area contributed by atoms with Crippen LogP contribution in [0.1, 0.15) is 10.4 Å². The molecule has 1 amide bonds. The monoisotopic (exact) mass is 410 g/mol. The molecule has 3 aromatic rings. The maximum atomic E-state index is 14.8. The zero-order valence-corrected chi connectivity index (χ0v) is 16.4. The van der Waals surface area contributed by atoms with Crippen LogP contribution >= 0.6 is 0 Å². The molecule has 2 aromatic carbocycles. The van der Waals surface area contributed by atoms with Gasteiger partial charge in [0.1, 0.15) is 11.6 Å². The summed E-state index contributed by atoms with van der Waals surface area (Å²) in [6, 6.07) is 11.9. The molecule has 0 bridgehead atoms. The molecular formula is C21H19FN4O2S. The minimum Gasteiger partial charge on any atom is -0.382 e. The highest BCUT2D eigenvalue weighted by atomic mass is 32.2. The number of rotatable bonds is 3. The molecule has 2 heterocycles. The van der Waals surface area contributed by atoms with Gasteiger partial charge in [0.15, 0.2) is 0 Å². The van der Waals surface area contributed by atoms with E-state index in [1.54, 1.807) is 35.2 Å². The summed E-state index contributed by atoms with van der Waals surface area (Å²) in [6.07, 6.45) is 2.80. The molecule has 0 saturated carbocycles. The molecule has 0 atom stereocenters. The Morgan fingerprint density at radius 2 is 1.79 bits per heavy atom. The molecule has 2 N–H and O–H groups in total. The molecule has 1 aliphatic heterocycles. The molecule has 6 nitrogen and oxygen atoms in total. The Kier molecular flexibility index (Phi) is 5.35. The Morgan fingerprint density at radius 1 is 1.03 bits per heavy atom. The maximum absolute atomic E-state index is 14.8. The van der Waals surface area contributed by atoms with E-state index in [-0.39, 0.29) is 11.7 Å². The van der Waals surface area contributed by atoms with Crippen molar-refractivity contribution in [3.63, 3.8) is 0 Å². The number of carbonyl (C=O) groups excluding carboxylic acids is 1. The van der Waals surface area contributed by atoms with E-state index in [2.05, 4.69) is 9.97 Å². The first kappa shape index (κ1) is 19.2. The van der Waals surface area contributed by atoms with Crippen molar-refractivity contribution in [2.45, 2.75) is 0 Å². The summed E-state index contributed by atoms with van der Waals surface area (Å²) >= 11 is 0. The molecule has 1 aliphatic rings. The third-order valence-electron chi connectivity index (χ3n) is 4.85. The molecule has 8 heteroatoms. The third kappa shape index (κ3) is 4.02. The van der Waals surface area contributed by atoms with E-state index in [1.165, 1.54) is 18.5 Å². The van der Waals surface area contributed by atoms with Crippen LogP contribution < -0.4 is 5.73 Å². The highest BCUT2D eigenvalue weighted by molar-refractivity contribution is 7.85. The van der Waals surface area contributed by atoms with Crippen molar-refractivity contribution < 1.29 is 13.4 Å². The normalized spacial score (nSPS) is 14.7. The Morgan fingerprint density at radius 3 is 2.48 bits per heavy atom. The fourth-order valence-corrected chi connectivity index (χ4v) is 4.35. The predicted octanol–water partition coefficient (Wildman–Crippen LogP) is 2.74. The standard InChI is InChI=1S/C21H19FN4O2S/c22-18-11-14(5-6-17(18)19-12-25-20(23)13-24-19)15-3-1-2-4-16(15)21(27)26-7-9-29(28)10-8-26/h1-6,11-13H,7-10H2,(H2,23,25). The van der Waals surface area contributed by atoms with Crippen LogP contribution in [0.5, 0.6) is 0 Å².